The first-order valence-electron chi connectivity index (χ1n) is 10.9. The lowest BCUT2D eigenvalue weighted by atomic mass is 9.94. The molecule has 0 aromatic heterocycles. The highest BCUT2D eigenvalue weighted by molar-refractivity contribution is 6.00. The standard InChI is InChI=1S/C25H28N2O5/c1-2-31-25(30)32-21-14-12-19(13-15-21)24(29)26-17-20-10-6-7-11-22(20)27-23(28)16-18-8-4-3-5-9-18/h6-7,10-16H,2-5,8-9,17H2,1H3,(H,26,29)(H,27,28). The predicted molar refractivity (Wildman–Crippen MR) is 122 cm³/mol. The topological polar surface area (TPSA) is 93.7 Å². The van der Waals surface area contributed by atoms with Gasteiger partial charge < -0.3 is 20.1 Å². The Kier molecular flexibility index (Phi) is 8.43. The Balaban J connectivity index is 1.57. The van der Waals surface area contributed by atoms with Crippen molar-refractivity contribution in [1.82, 2.24) is 5.32 Å². The Morgan fingerprint density at radius 1 is 0.969 bits per heavy atom. The first-order valence-corrected chi connectivity index (χ1v) is 10.9. The van der Waals surface area contributed by atoms with Crippen LogP contribution < -0.4 is 15.4 Å². The molecule has 1 aliphatic rings. The van der Waals surface area contributed by atoms with Crippen LogP contribution in [0.2, 0.25) is 0 Å². The van der Waals surface area contributed by atoms with Crippen molar-refractivity contribution >= 4 is 23.7 Å². The van der Waals surface area contributed by atoms with Crippen molar-refractivity contribution in [3.8, 4) is 5.75 Å². The van der Waals surface area contributed by atoms with Crippen molar-refractivity contribution in [2.75, 3.05) is 11.9 Å². The summed E-state index contributed by atoms with van der Waals surface area (Å²) in [6.45, 7) is 2.16. The third-order valence-corrected chi connectivity index (χ3v) is 5.13. The molecule has 2 aromatic carbocycles. The van der Waals surface area contributed by atoms with E-state index in [9.17, 15) is 14.4 Å². The van der Waals surface area contributed by atoms with Crippen LogP contribution in [-0.4, -0.2) is 24.6 Å². The summed E-state index contributed by atoms with van der Waals surface area (Å²) in [5, 5.41) is 5.78. The number of amides is 2. The number of benzene rings is 2. The second-order valence-corrected chi connectivity index (χ2v) is 7.50. The Hall–Kier alpha value is -3.61. The highest BCUT2D eigenvalue weighted by Crippen LogP contribution is 2.23. The average Bonchev–Trinajstić information content (AvgIpc) is 2.79. The SMILES string of the molecule is CCOC(=O)Oc1ccc(C(=O)NCc2ccccc2NC(=O)C=C2CCCCC2)cc1. The first-order chi connectivity index (χ1) is 15.5. The van der Waals surface area contributed by atoms with Crippen molar-refractivity contribution in [3.63, 3.8) is 0 Å². The van der Waals surface area contributed by atoms with Crippen LogP contribution in [0, 0.1) is 0 Å². The van der Waals surface area contributed by atoms with Crippen LogP contribution in [-0.2, 0) is 16.1 Å². The van der Waals surface area contributed by atoms with Gasteiger partial charge in [-0.2, -0.15) is 0 Å². The van der Waals surface area contributed by atoms with E-state index in [1.807, 2.05) is 24.3 Å². The summed E-state index contributed by atoms with van der Waals surface area (Å²) in [6.07, 6.45) is 6.37. The van der Waals surface area contributed by atoms with Crippen LogP contribution in [0.15, 0.2) is 60.2 Å². The number of hydrogen-bond donors (Lipinski definition) is 2. The summed E-state index contributed by atoms with van der Waals surface area (Å²) in [5.41, 5.74) is 3.09. The number of nitrogens with one attached hydrogen (secondary N) is 2. The lowest BCUT2D eigenvalue weighted by Crippen LogP contribution is -2.23. The molecule has 0 heterocycles. The van der Waals surface area contributed by atoms with Gasteiger partial charge in [0.25, 0.3) is 5.91 Å². The molecule has 0 unspecified atom stereocenters. The number of para-hydroxylation sites is 1. The Morgan fingerprint density at radius 2 is 1.69 bits per heavy atom. The smallest absolute Gasteiger partial charge is 0.434 e. The minimum Gasteiger partial charge on any atom is -0.434 e. The molecule has 0 bridgehead atoms. The summed E-state index contributed by atoms with van der Waals surface area (Å²) >= 11 is 0. The van der Waals surface area contributed by atoms with E-state index >= 15 is 0 Å². The van der Waals surface area contributed by atoms with Gasteiger partial charge in [0.2, 0.25) is 5.91 Å². The second-order valence-electron chi connectivity index (χ2n) is 7.50. The zero-order chi connectivity index (χ0) is 22.8. The number of ether oxygens (including phenoxy) is 2. The van der Waals surface area contributed by atoms with Crippen molar-refractivity contribution in [1.29, 1.82) is 0 Å². The first kappa shape index (κ1) is 23.1. The molecule has 0 aliphatic heterocycles. The van der Waals surface area contributed by atoms with Gasteiger partial charge in [0.1, 0.15) is 5.75 Å². The molecule has 0 saturated heterocycles. The van der Waals surface area contributed by atoms with E-state index in [0.29, 0.717) is 17.0 Å². The molecule has 1 saturated carbocycles. The van der Waals surface area contributed by atoms with Gasteiger partial charge in [-0.3, -0.25) is 9.59 Å². The van der Waals surface area contributed by atoms with Crippen LogP contribution >= 0.6 is 0 Å². The molecule has 7 nitrogen and oxygen atoms in total. The maximum Gasteiger partial charge on any atom is 0.513 e. The van der Waals surface area contributed by atoms with Gasteiger partial charge in [-0.1, -0.05) is 30.2 Å². The van der Waals surface area contributed by atoms with Crippen LogP contribution in [0.5, 0.6) is 5.75 Å². The maximum absolute atomic E-state index is 12.5. The van der Waals surface area contributed by atoms with Gasteiger partial charge in [-0.15, -0.1) is 0 Å². The molecule has 168 valence electrons. The summed E-state index contributed by atoms with van der Waals surface area (Å²) in [5.74, 6) is -0.129. The largest absolute Gasteiger partial charge is 0.513 e. The van der Waals surface area contributed by atoms with E-state index in [4.69, 9.17) is 9.47 Å². The highest BCUT2D eigenvalue weighted by Gasteiger charge is 2.11. The molecule has 2 amide bonds. The van der Waals surface area contributed by atoms with Gasteiger partial charge in [0, 0.05) is 23.9 Å². The van der Waals surface area contributed by atoms with Gasteiger partial charge in [0.15, 0.2) is 0 Å². The van der Waals surface area contributed by atoms with Crippen LogP contribution in [0.25, 0.3) is 0 Å². The number of carbonyl (C=O) groups excluding carboxylic acids is 3. The quantitative estimate of drug-likeness (QED) is 0.363. The van der Waals surface area contributed by atoms with Crippen molar-refractivity contribution in [2.24, 2.45) is 0 Å². The molecule has 2 aromatic rings. The molecule has 3 rings (SSSR count). The zero-order valence-electron chi connectivity index (χ0n) is 18.2. The van der Waals surface area contributed by atoms with E-state index in [2.05, 4.69) is 10.6 Å². The lowest BCUT2D eigenvalue weighted by Gasteiger charge is -2.14. The van der Waals surface area contributed by atoms with Gasteiger partial charge in [-0.05, 0) is 68.5 Å². The summed E-state index contributed by atoms with van der Waals surface area (Å²) in [7, 11) is 0. The van der Waals surface area contributed by atoms with Gasteiger partial charge in [0.05, 0.1) is 6.61 Å². The van der Waals surface area contributed by atoms with E-state index in [1.54, 1.807) is 25.1 Å². The Morgan fingerprint density at radius 3 is 2.41 bits per heavy atom. The molecule has 2 N–H and O–H groups in total. The summed E-state index contributed by atoms with van der Waals surface area (Å²) in [4.78, 5) is 36.3. The third kappa shape index (κ3) is 6.97. The van der Waals surface area contributed by atoms with E-state index in [-0.39, 0.29) is 25.0 Å². The highest BCUT2D eigenvalue weighted by atomic mass is 16.7. The van der Waals surface area contributed by atoms with E-state index in [0.717, 1.165) is 31.2 Å². The van der Waals surface area contributed by atoms with E-state index < -0.39 is 6.16 Å². The molecule has 1 aliphatic carbocycles. The van der Waals surface area contributed by atoms with Crippen molar-refractivity contribution < 1.29 is 23.9 Å². The fraction of sp³-hybridized carbons (Fsp3) is 0.320. The van der Waals surface area contributed by atoms with E-state index in [1.165, 1.54) is 24.1 Å². The minimum atomic E-state index is -0.789. The number of allylic oxidation sites excluding steroid dienone is 1. The summed E-state index contributed by atoms with van der Waals surface area (Å²) in [6, 6.07) is 13.6. The van der Waals surface area contributed by atoms with Gasteiger partial charge in [-0.25, -0.2) is 4.79 Å². The maximum atomic E-state index is 12.5. The Bertz CT molecular complexity index is 974. The number of carbonyl (C=O) groups is 3. The number of anilines is 1. The molecule has 32 heavy (non-hydrogen) atoms. The fourth-order valence-electron chi connectivity index (χ4n) is 3.50. The molecule has 0 atom stereocenters. The molecular formula is C25H28N2O5. The summed E-state index contributed by atoms with van der Waals surface area (Å²) < 4.78 is 9.71. The Labute approximate surface area is 187 Å². The van der Waals surface area contributed by atoms with Crippen molar-refractivity contribution in [3.05, 3.63) is 71.3 Å². The number of hydrogen-bond acceptors (Lipinski definition) is 5. The zero-order valence-corrected chi connectivity index (χ0v) is 18.2. The fourth-order valence-corrected chi connectivity index (χ4v) is 3.50. The van der Waals surface area contributed by atoms with Crippen molar-refractivity contribution in [2.45, 2.75) is 45.6 Å². The molecular weight excluding hydrogens is 408 g/mol. The molecule has 0 spiro atoms. The van der Waals surface area contributed by atoms with Crippen LogP contribution in [0.3, 0.4) is 0 Å². The predicted octanol–water partition coefficient (Wildman–Crippen LogP) is 4.98. The second kappa shape index (κ2) is 11.7. The monoisotopic (exact) mass is 436 g/mol. The lowest BCUT2D eigenvalue weighted by molar-refractivity contribution is -0.112. The minimum absolute atomic E-state index is 0.141. The average molecular weight is 437 g/mol. The molecule has 0 radical (unpaired) electrons. The third-order valence-electron chi connectivity index (χ3n) is 5.13. The normalized spacial score (nSPS) is 13.1. The molecule has 1 fully saturated rings. The van der Waals surface area contributed by atoms with Crippen LogP contribution in [0.4, 0.5) is 10.5 Å². The van der Waals surface area contributed by atoms with Gasteiger partial charge >= 0.3 is 6.16 Å². The molecule has 7 heteroatoms. The van der Waals surface area contributed by atoms with Crippen LogP contribution in [0.1, 0.15) is 54.9 Å². The number of rotatable bonds is 7.